The predicted molar refractivity (Wildman–Crippen MR) is 85.2 cm³/mol. The second kappa shape index (κ2) is 4.83. The van der Waals surface area contributed by atoms with Crippen LogP contribution < -0.4 is 11.1 Å². The highest BCUT2D eigenvalue weighted by Crippen LogP contribution is 2.30. The minimum atomic E-state index is 0.740. The Morgan fingerprint density at radius 2 is 2.16 bits per heavy atom. The third-order valence-electron chi connectivity index (χ3n) is 3.21. The van der Waals surface area contributed by atoms with Gasteiger partial charge in [-0.05, 0) is 37.6 Å². The van der Waals surface area contributed by atoms with Crippen molar-refractivity contribution in [2.45, 2.75) is 20.4 Å². The molecule has 0 atom stereocenters. The van der Waals surface area contributed by atoms with Crippen LogP contribution in [0.25, 0.3) is 10.2 Å². The molecule has 3 N–H and O–H groups in total. The van der Waals surface area contributed by atoms with Crippen LogP contribution in [0.4, 0.5) is 11.4 Å². The molecule has 1 aromatic carbocycles. The summed E-state index contributed by atoms with van der Waals surface area (Å²) in [6.07, 6.45) is 0. The maximum Gasteiger partial charge on any atom is 0.106 e. The molecule has 0 amide bonds. The standard InChI is InChI=1S/C14H15N3S2/c1-8-5-10(19-9(8)2)6-16-11-3-4-12-14(13(11)15)17-7-18-12/h3-5,7,16H,6,15H2,1-2H3. The average Bonchev–Trinajstić information content (AvgIpc) is 2.97. The number of nitrogens with zero attached hydrogens (tertiary/aromatic N) is 1. The van der Waals surface area contributed by atoms with E-state index in [0.717, 1.165) is 28.1 Å². The summed E-state index contributed by atoms with van der Waals surface area (Å²) < 4.78 is 1.13. The van der Waals surface area contributed by atoms with Gasteiger partial charge in [-0.1, -0.05) is 0 Å². The number of nitrogens with two attached hydrogens (primary N) is 1. The molecule has 5 heteroatoms. The van der Waals surface area contributed by atoms with Gasteiger partial charge in [0.15, 0.2) is 0 Å². The number of thiazole rings is 1. The molecule has 2 heterocycles. The summed E-state index contributed by atoms with van der Waals surface area (Å²) in [6, 6.07) is 6.32. The predicted octanol–water partition coefficient (Wildman–Crippen LogP) is 4.17. The van der Waals surface area contributed by atoms with Crippen LogP contribution in [0.1, 0.15) is 15.3 Å². The molecule has 3 rings (SSSR count). The minimum Gasteiger partial charge on any atom is -0.395 e. The molecule has 0 fully saturated rings. The van der Waals surface area contributed by atoms with Crippen molar-refractivity contribution in [2.75, 3.05) is 11.1 Å². The molecular formula is C14H15N3S2. The minimum absolute atomic E-state index is 0.740. The Labute approximate surface area is 120 Å². The lowest BCUT2D eigenvalue weighted by Gasteiger charge is -2.08. The lowest BCUT2D eigenvalue weighted by Crippen LogP contribution is -2.01. The fourth-order valence-corrected chi connectivity index (χ4v) is 3.71. The highest BCUT2D eigenvalue weighted by atomic mass is 32.1. The second-order valence-corrected chi connectivity index (χ2v) is 6.76. The van der Waals surface area contributed by atoms with Gasteiger partial charge in [-0.15, -0.1) is 22.7 Å². The van der Waals surface area contributed by atoms with Crippen molar-refractivity contribution in [2.24, 2.45) is 0 Å². The smallest absolute Gasteiger partial charge is 0.106 e. The summed E-state index contributed by atoms with van der Waals surface area (Å²) in [5, 5.41) is 3.40. The fraction of sp³-hybridized carbons (Fsp3) is 0.214. The van der Waals surface area contributed by atoms with Gasteiger partial charge < -0.3 is 11.1 Å². The number of benzene rings is 1. The number of anilines is 2. The largest absolute Gasteiger partial charge is 0.395 e. The molecule has 0 spiro atoms. The van der Waals surface area contributed by atoms with E-state index in [0.29, 0.717) is 0 Å². The molecular weight excluding hydrogens is 274 g/mol. The number of aromatic nitrogens is 1. The second-order valence-electron chi connectivity index (χ2n) is 4.53. The van der Waals surface area contributed by atoms with Crippen LogP contribution in [-0.2, 0) is 6.54 Å². The van der Waals surface area contributed by atoms with E-state index in [1.165, 1.54) is 15.3 Å². The number of thiophene rings is 1. The lowest BCUT2D eigenvalue weighted by atomic mass is 10.2. The number of aryl methyl sites for hydroxylation is 2. The van der Waals surface area contributed by atoms with Gasteiger partial charge in [-0.2, -0.15) is 0 Å². The van der Waals surface area contributed by atoms with Crippen LogP contribution in [0.15, 0.2) is 23.7 Å². The Morgan fingerprint density at radius 1 is 1.32 bits per heavy atom. The van der Waals surface area contributed by atoms with Crippen LogP contribution in [0.5, 0.6) is 0 Å². The Morgan fingerprint density at radius 3 is 2.89 bits per heavy atom. The number of rotatable bonds is 3. The summed E-state index contributed by atoms with van der Waals surface area (Å²) in [4.78, 5) is 7.01. The molecule has 0 aliphatic heterocycles. The normalized spacial score (nSPS) is 11.1. The molecule has 98 valence electrons. The first kappa shape index (κ1) is 12.4. The van der Waals surface area contributed by atoms with E-state index in [4.69, 9.17) is 5.73 Å². The number of fused-ring (bicyclic) bond motifs is 1. The van der Waals surface area contributed by atoms with Crippen molar-refractivity contribution >= 4 is 44.3 Å². The molecule has 3 aromatic rings. The van der Waals surface area contributed by atoms with Gasteiger partial charge in [0.1, 0.15) is 5.52 Å². The van der Waals surface area contributed by atoms with Crippen molar-refractivity contribution in [1.29, 1.82) is 0 Å². The first-order valence-electron chi connectivity index (χ1n) is 6.06. The molecule has 0 bridgehead atoms. The molecule has 0 radical (unpaired) electrons. The molecule has 2 aromatic heterocycles. The van der Waals surface area contributed by atoms with Gasteiger partial charge in [-0.25, -0.2) is 4.98 Å². The summed E-state index contributed by atoms with van der Waals surface area (Å²) in [5.41, 5.74) is 11.9. The summed E-state index contributed by atoms with van der Waals surface area (Å²) >= 11 is 3.44. The van der Waals surface area contributed by atoms with Crippen molar-refractivity contribution in [3.8, 4) is 0 Å². The number of hydrogen-bond acceptors (Lipinski definition) is 5. The summed E-state index contributed by atoms with van der Waals surface area (Å²) in [6.45, 7) is 5.10. The van der Waals surface area contributed by atoms with Crippen molar-refractivity contribution in [3.05, 3.63) is 39.0 Å². The van der Waals surface area contributed by atoms with Crippen LogP contribution >= 0.6 is 22.7 Å². The highest BCUT2D eigenvalue weighted by Gasteiger charge is 2.07. The van der Waals surface area contributed by atoms with E-state index in [2.05, 4.69) is 36.3 Å². The van der Waals surface area contributed by atoms with Gasteiger partial charge in [0.25, 0.3) is 0 Å². The maximum absolute atomic E-state index is 6.15. The maximum atomic E-state index is 6.15. The van der Waals surface area contributed by atoms with E-state index in [9.17, 15) is 0 Å². The van der Waals surface area contributed by atoms with Crippen LogP contribution in [-0.4, -0.2) is 4.98 Å². The first-order valence-corrected chi connectivity index (χ1v) is 7.76. The van der Waals surface area contributed by atoms with E-state index >= 15 is 0 Å². The van der Waals surface area contributed by atoms with Gasteiger partial charge >= 0.3 is 0 Å². The number of nitrogen functional groups attached to an aromatic ring is 1. The summed E-state index contributed by atoms with van der Waals surface area (Å²) in [7, 11) is 0. The highest BCUT2D eigenvalue weighted by molar-refractivity contribution is 7.16. The molecule has 0 saturated carbocycles. The topological polar surface area (TPSA) is 50.9 Å². The number of nitrogens with one attached hydrogen (secondary N) is 1. The van der Waals surface area contributed by atoms with Crippen molar-refractivity contribution in [1.82, 2.24) is 4.98 Å². The average molecular weight is 289 g/mol. The van der Waals surface area contributed by atoms with Gasteiger partial charge in [0, 0.05) is 16.3 Å². The Bertz CT molecular complexity index is 708. The summed E-state index contributed by atoms with van der Waals surface area (Å²) in [5.74, 6) is 0. The van der Waals surface area contributed by atoms with Crippen molar-refractivity contribution < 1.29 is 0 Å². The lowest BCUT2D eigenvalue weighted by molar-refractivity contribution is 1.19. The molecule has 0 saturated heterocycles. The monoisotopic (exact) mass is 289 g/mol. The van der Waals surface area contributed by atoms with Crippen LogP contribution in [0.3, 0.4) is 0 Å². The molecule has 0 unspecified atom stereocenters. The van der Waals surface area contributed by atoms with Crippen LogP contribution in [0, 0.1) is 13.8 Å². The zero-order valence-electron chi connectivity index (χ0n) is 10.9. The third-order valence-corrected chi connectivity index (χ3v) is 5.16. The SMILES string of the molecule is Cc1cc(CNc2ccc3scnc3c2N)sc1C. The van der Waals surface area contributed by atoms with E-state index in [1.807, 2.05) is 22.9 Å². The quantitative estimate of drug-likeness (QED) is 0.712. The Balaban J connectivity index is 1.83. The van der Waals surface area contributed by atoms with Gasteiger partial charge in [0.2, 0.25) is 0 Å². The van der Waals surface area contributed by atoms with Crippen molar-refractivity contribution in [3.63, 3.8) is 0 Å². The molecule has 0 aliphatic rings. The zero-order valence-corrected chi connectivity index (χ0v) is 12.5. The molecule has 0 aliphatic carbocycles. The zero-order chi connectivity index (χ0) is 13.4. The van der Waals surface area contributed by atoms with E-state index < -0.39 is 0 Å². The Hall–Kier alpha value is -1.59. The molecule has 3 nitrogen and oxygen atoms in total. The third kappa shape index (κ3) is 2.31. The van der Waals surface area contributed by atoms with Gasteiger partial charge in [0.05, 0.1) is 21.6 Å². The first-order chi connectivity index (χ1) is 9.15. The van der Waals surface area contributed by atoms with E-state index in [1.54, 1.807) is 11.3 Å². The van der Waals surface area contributed by atoms with Crippen LogP contribution in [0.2, 0.25) is 0 Å². The fourth-order valence-electron chi connectivity index (χ4n) is 2.03. The van der Waals surface area contributed by atoms with Gasteiger partial charge in [-0.3, -0.25) is 0 Å². The Kier molecular flexibility index (Phi) is 3.16. The van der Waals surface area contributed by atoms with E-state index in [-0.39, 0.29) is 0 Å². The number of hydrogen-bond donors (Lipinski definition) is 2. The molecule has 19 heavy (non-hydrogen) atoms.